The highest BCUT2D eigenvalue weighted by atomic mass is 16.5. The van der Waals surface area contributed by atoms with Crippen molar-refractivity contribution in [2.75, 3.05) is 31.6 Å². The summed E-state index contributed by atoms with van der Waals surface area (Å²) < 4.78 is 5.53. The van der Waals surface area contributed by atoms with E-state index in [1.807, 2.05) is 0 Å². The van der Waals surface area contributed by atoms with E-state index in [2.05, 4.69) is 42.3 Å². The van der Waals surface area contributed by atoms with E-state index in [4.69, 9.17) is 4.74 Å². The number of nitrogens with zero attached hydrogens (tertiary/aromatic N) is 1. The molecule has 0 radical (unpaired) electrons. The van der Waals surface area contributed by atoms with Gasteiger partial charge in [0, 0.05) is 19.1 Å². The number of anilines is 1. The molecule has 1 aliphatic rings. The molecule has 0 bridgehead atoms. The third-order valence-corrected chi connectivity index (χ3v) is 3.79. The lowest BCUT2D eigenvalue weighted by molar-refractivity contribution is 0.413. The van der Waals surface area contributed by atoms with E-state index in [0.717, 1.165) is 25.4 Å². The van der Waals surface area contributed by atoms with Crippen LogP contribution in [0.15, 0.2) is 18.2 Å². The number of rotatable bonds is 4. The van der Waals surface area contributed by atoms with Crippen LogP contribution in [0.4, 0.5) is 5.69 Å². The molecule has 106 valence electrons. The van der Waals surface area contributed by atoms with Crippen LogP contribution in [0.3, 0.4) is 0 Å². The van der Waals surface area contributed by atoms with Crippen molar-refractivity contribution in [2.45, 2.75) is 39.2 Å². The van der Waals surface area contributed by atoms with Gasteiger partial charge in [0.05, 0.1) is 12.8 Å². The maximum absolute atomic E-state index is 5.53. The van der Waals surface area contributed by atoms with Gasteiger partial charge in [-0.25, -0.2) is 0 Å². The van der Waals surface area contributed by atoms with Crippen LogP contribution in [0.2, 0.25) is 0 Å². The molecule has 0 amide bonds. The summed E-state index contributed by atoms with van der Waals surface area (Å²) >= 11 is 0. The van der Waals surface area contributed by atoms with Gasteiger partial charge < -0.3 is 15.0 Å². The van der Waals surface area contributed by atoms with Crippen LogP contribution in [0.25, 0.3) is 0 Å². The minimum absolute atomic E-state index is 0.595. The Morgan fingerprint density at radius 3 is 3.00 bits per heavy atom. The molecule has 0 aliphatic carbocycles. The van der Waals surface area contributed by atoms with Gasteiger partial charge in [0.25, 0.3) is 0 Å². The van der Waals surface area contributed by atoms with Gasteiger partial charge in [-0.2, -0.15) is 0 Å². The SMILES string of the molecule is CCCC1CN(c2cc(C)ccc2OC)CCCN1. The third-order valence-electron chi connectivity index (χ3n) is 3.79. The fourth-order valence-electron chi connectivity index (χ4n) is 2.81. The monoisotopic (exact) mass is 262 g/mol. The standard InChI is InChI=1S/C16H26N2O/c1-4-6-14-12-18(10-5-9-17-14)15-11-13(2)7-8-16(15)19-3/h7-8,11,14,17H,4-6,9-10,12H2,1-3H3. The average molecular weight is 262 g/mol. The molecule has 1 atom stereocenters. The number of ether oxygens (including phenoxy) is 1. The molecule has 1 unspecified atom stereocenters. The van der Waals surface area contributed by atoms with E-state index in [-0.39, 0.29) is 0 Å². The molecule has 1 N–H and O–H groups in total. The van der Waals surface area contributed by atoms with E-state index in [1.54, 1.807) is 7.11 Å². The normalized spacial score (nSPS) is 20.2. The fourth-order valence-corrected chi connectivity index (χ4v) is 2.81. The van der Waals surface area contributed by atoms with Crippen molar-refractivity contribution in [3.63, 3.8) is 0 Å². The molecule has 1 aromatic rings. The summed E-state index contributed by atoms with van der Waals surface area (Å²) in [5.41, 5.74) is 2.53. The largest absolute Gasteiger partial charge is 0.495 e. The molecule has 1 fully saturated rings. The zero-order chi connectivity index (χ0) is 13.7. The molecule has 0 saturated carbocycles. The summed E-state index contributed by atoms with van der Waals surface area (Å²) in [4.78, 5) is 2.48. The highest BCUT2D eigenvalue weighted by molar-refractivity contribution is 5.60. The zero-order valence-electron chi connectivity index (χ0n) is 12.4. The van der Waals surface area contributed by atoms with Crippen molar-refractivity contribution < 1.29 is 4.74 Å². The molecule has 0 spiro atoms. The Morgan fingerprint density at radius 1 is 1.42 bits per heavy atom. The van der Waals surface area contributed by atoms with Crippen LogP contribution >= 0.6 is 0 Å². The van der Waals surface area contributed by atoms with Crippen molar-refractivity contribution in [3.05, 3.63) is 23.8 Å². The van der Waals surface area contributed by atoms with Gasteiger partial charge in [0.1, 0.15) is 5.75 Å². The lowest BCUT2D eigenvalue weighted by Gasteiger charge is -2.28. The van der Waals surface area contributed by atoms with Crippen molar-refractivity contribution in [1.82, 2.24) is 5.32 Å². The quantitative estimate of drug-likeness (QED) is 0.903. The summed E-state index contributed by atoms with van der Waals surface area (Å²) in [7, 11) is 1.76. The van der Waals surface area contributed by atoms with E-state index in [1.165, 1.54) is 30.5 Å². The topological polar surface area (TPSA) is 24.5 Å². The maximum Gasteiger partial charge on any atom is 0.142 e. The van der Waals surface area contributed by atoms with Crippen LogP contribution in [0.5, 0.6) is 5.75 Å². The second-order valence-electron chi connectivity index (χ2n) is 5.41. The first-order valence-electron chi connectivity index (χ1n) is 7.37. The van der Waals surface area contributed by atoms with Crippen molar-refractivity contribution in [2.24, 2.45) is 0 Å². The summed E-state index contributed by atoms with van der Waals surface area (Å²) in [6, 6.07) is 7.03. The van der Waals surface area contributed by atoms with E-state index >= 15 is 0 Å². The first kappa shape index (κ1) is 14.2. The van der Waals surface area contributed by atoms with Gasteiger partial charge in [-0.1, -0.05) is 19.4 Å². The molecule has 1 aromatic carbocycles. The molecular weight excluding hydrogens is 236 g/mol. The number of hydrogen-bond donors (Lipinski definition) is 1. The lowest BCUT2D eigenvalue weighted by Crippen LogP contribution is -2.37. The van der Waals surface area contributed by atoms with Gasteiger partial charge in [0.2, 0.25) is 0 Å². The maximum atomic E-state index is 5.53. The number of nitrogens with one attached hydrogen (secondary N) is 1. The van der Waals surface area contributed by atoms with Crippen LogP contribution in [-0.4, -0.2) is 32.8 Å². The average Bonchev–Trinajstić information content (AvgIpc) is 2.65. The fraction of sp³-hybridized carbons (Fsp3) is 0.625. The van der Waals surface area contributed by atoms with Crippen molar-refractivity contribution in [1.29, 1.82) is 0 Å². The Balaban J connectivity index is 2.20. The van der Waals surface area contributed by atoms with Crippen LogP contribution < -0.4 is 15.0 Å². The Hall–Kier alpha value is -1.22. The lowest BCUT2D eigenvalue weighted by atomic mass is 10.1. The number of benzene rings is 1. The molecule has 2 rings (SSSR count). The highest BCUT2D eigenvalue weighted by Gasteiger charge is 2.19. The Morgan fingerprint density at radius 2 is 2.26 bits per heavy atom. The van der Waals surface area contributed by atoms with Crippen LogP contribution in [0, 0.1) is 6.92 Å². The third kappa shape index (κ3) is 3.63. The first-order chi connectivity index (χ1) is 9.24. The van der Waals surface area contributed by atoms with E-state index in [9.17, 15) is 0 Å². The molecule has 1 heterocycles. The first-order valence-corrected chi connectivity index (χ1v) is 7.37. The van der Waals surface area contributed by atoms with Crippen LogP contribution in [0.1, 0.15) is 31.7 Å². The van der Waals surface area contributed by atoms with Gasteiger partial charge in [0.15, 0.2) is 0 Å². The van der Waals surface area contributed by atoms with E-state index in [0.29, 0.717) is 6.04 Å². The summed E-state index contributed by atoms with van der Waals surface area (Å²) in [5, 5.41) is 3.65. The predicted octanol–water partition coefficient (Wildman–Crippen LogP) is 2.97. The van der Waals surface area contributed by atoms with E-state index < -0.39 is 0 Å². The highest BCUT2D eigenvalue weighted by Crippen LogP contribution is 2.30. The Kier molecular flexibility index (Phi) is 5.08. The minimum atomic E-state index is 0.595. The molecule has 3 heteroatoms. The molecular formula is C16H26N2O. The van der Waals surface area contributed by atoms with Gasteiger partial charge in [-0.05, 0) is 44.0 Å². The van der Waals surface area contributed by atoms with Gasteiger partial charge in [-0.3, -0.25) is 0 Å². The summed E-state index contributed by atoms with van der Waals surface area (Å²) in [5.74, 6) is 0.989. The molecule has 19 heavy (non-hydrogen) atoms. The summed E-state index contributed by atoms with van der Waals surface area (Å²) in [6.45, 7) is 7.70. The number of methoxy groups -OCH3 is 1. The number of hydrogen-bond acceptors (Lipinski definition) is 3. The predicted molar refractivity (Wildman–Crippen MR) is 81.3 cm³/mol. The van der Waals surface area contributed by atoms with Gasteiger partial charge in [-0.15, -0.1) is 0 Å². The Labute approximate surface area is 116 Å². The zero-order valence-corrected chi connectivity index (χ0v) is 12.4. The molecule has 3 nitrogen and oxygen atoms in total. The minimum Gasteiger partial charge on any atom is -0.495 e. The van der Waals surface area contributed by atoms with Crippen molar-refractivity contribution >= 4 is 5.69 Å². The van der Waals surface area contributed by atoms with Gasteiger partial charge >= 0.3 is 0 Å². The van der Waals surface area contributed by atoms with Crippen molar-refractivity contribution in [3.8, 4) is 5.75 Å². The smallest absolute Gasteiger partial charge is 0.142 e. The molecule has 1 aliphatic heterocycles. The second-order valence-corrected chi connectivity index (χ2v) is 5.41. The number of aryl methyl sites for hydroxylation is 1. The second kappa shape index (κ2) is 6.80. The molecule has 0 aromatic heterocycles. The molecule has 1 saturated heterocycles. The summed E-state index contributed by atoms with van der Waals surface area (Å²) in [6.07, 6.45) is 3.67. The van der Waals surface area contributed by atoms with Crippen LogP contribution in [-0.2, 0) is 0 Å². The Bertz CT molecular complexity index is 406.